The molecule has 0 unspecified atom stereocenters. The molecule has 1 saturated carbocycles. The van der Waals surface area contributed by atoms with Crippen molar-refractivity contribution in [1.29, 1.82) is 0 Å². The molecule has 0 saturated heterocycles. The van der Waals surface area contributed by atoms with E-state index in [2.05, 4.69) is 5.32 Å². The van der Waals surface area contributed by atoms with Crippen LogP contribution in [0.1, 0.15) is 38.5 Å². The molecule has 13 heavy (non-hydrogen) atoms. The maximum Gasteiger partial charge on any atom is 0.0146 e. The van der Waals surface area contributed by atoms with Crippen LogP contribution in [0.25, 0.3) is 0 Å². The smallest absolute Gasteiger partial charge is 0.0146 e. The summed E-state index contributed by atoms with van der Waals surface area (Å²) in [7, 11) is 0. The van der Waals surface area contributed by atoms with Gasteiger partial charge in [0.15, 0.2) is 0 Å². The molecule has 0 bridgehead atoms. The molecule has 0 aromatic carbocycles. The molecule has 0 amide bonds. The van der Waals surface area contributed by atoms with E-state index >= 15 is 0 Å². The van der Waals surface area contributed by atoms with Crippen molar-refractivity contribution in [2.45, 2.75) is 38.5 Å². The van der Waals surface area contributed by atoms with E-state index in [1.807, 2.05) is 6.08 Å². The second-order valence-electron chi connectivity index (χ2n) is 3.86. The predicted octanol–water partition coefficient (Wildman–Crippen LogP) is 3.30. The molecule has 1 aliphatic carbocycles. The summed E-state index contributed by atoms with van der Waals surface area (Å²) >= 11 is 5.40. The Balaban J connectivity index is 1.83. The fourth-order valence-corrected chi connectivity index (χ4v) is 2.13. The molecule has 0 atom stereocenters. The Bertz CT molecular complexity index is 139. The average molecular weight is 202 g/mol. The zero-order chi connectivity index (χ0) is 9.36. The van der Waals surface area contributed by atoms with E-state index in [0.29, 0.717) is 0 Å². The van der Waals surface area contributed by atoms with Crippen LogP contribution in [0.2, 0.25) is 0 Å². The zero-order valence-corrected chi connectivity index (χ0v) is 9.02. The predicted molar refractivity (Wildman–Crippen MR) is 59.1 cm³/mol. The molecule has 0 aromatic heterocycles. The van der Waals surface area contributed by atoms with Crippen molar-refractivity contribution in [1.82, 2.24) is 5.32 Å². The first kappa shape index (κ1) is 11.1. The fraction of sp³-hybridized carbons (Fsp3) is 0.818. The lowest BCUT2D eigenvalue weighted by atomic mass is 10.0. The summed E-state index contributed by atoms with van der Waals surface area (Å²) in [5.74, 6) is 1.03. The van der Waals surface area contributed by atoms with Crippen LogP contribution in [0.4, 0.5) is 0 Å². The number of rotatable bonds is 6. The van der Waals surface area contributed by atoms with Gasteiger partial charge in [0.05, 0.1) is 0 Å². The van der Waals surface area contributed by atoms with Crippen molar-refractivity contribution in [3.8, 4) is 0 Å². The summed E-state index contributed by atoms with van der Waals surface area (Å²) in [5.41, 5.74) is 1.57. The van der Waals surface area contributed by atoms with Crippen LogP contribution in [-0.4, -0.2) is 13.1 Å². The second kappa shape index (κ2) is 7.40. The molecule has 1 rings (SSSR count). The highest BCUT2D eigenvalue weighted by Gasteiger charge is 2.13. The SMILES string of the molecule is Cl/C=C/CNCCCC1CCCC1. The lowest BCUT2D eigenvalue weighted by Crippen LogP contribution is -2.15. The molecule has 1 aliphatic rings. The van der Waals surface area contributed by atoms with Crippen LogP contribution in [0.3, 0.4) is 0 Å². The Hall–Kier alpha value is -0.0100. The Kier molecular flexibility index (Phi) is 6.30. The van der Waals surface area contributed by atoms with E-state index in [-0.39, 0.29) is 0 Å². The summed E-state index contributed by atoms with van der Waals surface area (Å²) in [6.45, 7) is 2.05. The van der Waals surface area contributed by atoms with Gasteiger partial charge in [0.2, 0.25) is 0 Å². The van der Waals surface area contributed by atoms with Gasteiger partial charge < -0.3 is 5.32 Å². The molecule has 1 fully saturated rings. The van der Waals surface area contributed by atoms with Gasteiger partial charge in [0.1, 0.15) is 0 Å². The van der Waals surface area contributed by atoms with E-state index < -0.39 is 0 Å². The molecule has 76 valence electrons. The summed E-state index contributed by atoms with van der Waals surface area (Å²) in [5, 5.41) is 3.34. The Morgan fingerprint density at radius 1 is 1.31 bits per heavy atom. The molecule has 1 N–H and O–H groups in total. The van der Waals surface area contributed by atoms with Crippen molar-refractivity contribution in [3.63, 3.8) is 0 Å². The average Bonchev–Trinajstić information content (AvgIpc) is 2.63. The summed E-state index contributed by atoms with van der Waals surface area (Å²) in [6.07, 6.45) is 10.6. The van der Waals surface area contributed by atoms with Gasteiger partial charge in [-0.2, -0.15) is 0 Å². The molecule has 1 nitrogen and oxygen atoms in total. The molecular weight excluding hydrogens is 182 g/mol. The minimum Gasteiger partial charge on any atom is -0.313 e. The maximum atomic E-state index is 5.40. The summed E-state index contributed by atoms with van der Waals surface area (Å²) in [4.78, 5) is 0. The van der Waals surface area contributed by atoms with Crippen molar-refractivity contribution in [3.05, 3.63) is 11.6 Å². The number of hydrogen-bond acceptors (Lipinski definition) is 1. The number of halogens is 1. The van der Waals surface area contributed by atoms with Gasteiger partial charge in [-0.15, -0.1) is 0 Å². The van der Waals surface area contributed by atoms with Crippen LogP contribution in [0.5, 0.6) is 0 Å². The Morgan fingerprint density at radius 3 is 2.77 bits per heavy atom. The van der Waals surface area contributed by atoms with Crippen molar-refractivity contribution < 1.29 is 0 Å². The van der Waals surface area contributed by atoms with Gasteiger partial charge in [-0.1, -0.05) is 43.4 Å². The molecular formula is C11H20ClN. The maximum absolute atomic E-state index is 5.40. The molecule has 0 heterocycles. The molecule has 0 radical (unpaired) electrons. The Labute approximate surface area is 86.5 Å². The van der Waals surface area contributed by atoms with E-state index in [1.54, 1.807) is 5.54 Å². The highest BCUT2D eigenvalue weighted by molar-refractivity contribution is 6.25. The van der Waals surface area contributed by atoms with Crippen LogP contribution in [-0.2, 0) is 0 Å². The van der Waals surface area contributed by atoms with E-state index in [9.17, 15) is 0 Å². The van der Waals surface area contributed by atoms with Crippen molar-refractivity contribution in [2.75, 3.05) is 13.1 Å². The second-order valence-corrected chi connectivity index (χ2v) is 4.11. The van der Waals surface area contributed by atoms with Crippen LogP contribution >= 0.6 is 11.6 Å². The van der Waals surface area contributed by atoms with Crippen molar-refractivity contribution in [2.24, 2.45) is 5.92 Å². The van der Waals surface area contributed by atoms with Crippen LogP contribution in [0.15, 0.2) is 11.6 Å². The van der Waals surface area contributed by atoms with E-state index in [0.717, 1.165) is 19.0 Å². The zero-order valence-electron chi connectivity index (χ0n) is 8.27. The molecule has 0 aromatic rings. The third-order valence-electron chi connectivity index (χ3n) is 2.79. The highest BCUT2D eigenvalue weighted by atomic mass is 35.5. The molecule has 2 heteroatoms. The van der Waals surface area contributed by atoms with Crippen molar-refractivity contribution >= 4 is 11.6 Å². The normalized spacial score (nSPS) is 18.8. The quantitative estimate of drug-likeness (QED) is 0.651. The van der Waals surface area contributed by atoms with Gasteiger partial charge >= 0.3 is 0 Å². The van der Waals surface area contributed by atoms with Gasteiger partial charge in [0.25, 0.3) is 0 Å². The van der Waals surface area contributed by atoms with Gasteiger partial charge in [0, 0.05) is 12.1 Å². The first-order valence-electron chi connectivity index (χ1n) is 5.39. The molecule has 0 spiro atoms. The minimum atomic E-state index is 0.911. The lowest BCUT2D eigenvalue weighted by Gasteiger charge is -2.07. The van der Waals surface area contributed by atoms with Gasteiger partial charge in [-0.25, -0.2) is 0 Å². The van der Waals surface area contributed by atoms with E-state index in [1.165, 1.54) is 38.5 Å². The minimum absolute atomic E-state index is 0.911. The first-order valence-corrected chi connectivity index (χ1v) is 5.83. The summed E-state index contributed by atoms with van der Waals surface area (Å²) in [6, 6.07) is 0. The van der Waals surface area contributed by atoms with E-state index in [4.69, 9.17) is 11.6 Å². The fourth-order valence-electron chi connectivity index (χ4n) is 2.04. The number of nitrogens with one attached hydrogen (secondary N) is 1. The van der Waals surface area contributed by atoms with Crippen LogP contribution < -0.4 is 5.32 Å². The first-order chi connectivity index (χ1) is 6.43. The standard InChI is InChI=1S/C11H20ClN/c12-8-4-10-13-9-3-7-11-5-1-2-6-11/h4,8,11,13H,1-3,5-7,9-10H2/b8-4+. The topological polar surface area (TPSA) is 12.0 Å². The van der Waals surface area contributed by atoms with Crippen LogP contribution in [0, 0.1) is 5.92 Å². The summed E-state index contributed by atoms with van der Waals surface area (Å²) < 4.78 is 0. The monoisotopic (exact) mass is 201 g/mol. The Morgan fingerprint density at radius 2 is 2.08 bits per heavy atom. The third kappa shape index (κ3) is 5.33. The lowest BCUT2D eigenvalue weighted by molar-refractivity contribution is 0.475. The number of hydrogen-bond donors (Lipinski definition) is 1. The third-order valence-corrected chi connectivity index (χ3v) is 2.97. The largest absolute Gasteiger partial charge is 0.313 e. The molecule has 0 aliphatic heterocycles. The van der Waals surface area contributed by atoms with Gasteiger partial charge in [-0.3, -0.25) is 0 Å². The highest BCUT2D eigenvalue weighted by Crippen LogP contribution is 2.28. The van der Waals surface area contributed by atoms with Gasteiger partial charge in [-0.05, 0) is 25.3 Å².